The molecule has 1 aromatic carbocycles. The SMILES string of the molecule is CC(C)N(Cc1ccc(N)cc1)Cc1ccccn1. The monoisotopic (exact) mass is 255 g/mol. The van der Waals surface area contributed by atoms with Gasteiger partial charge in [0, 0.05) is 31.0 Å². The lowest BCUT2D eigenvalue weighted by molar-refractivity contribution is 0.201. The van der Waals surface area contributed by atoms with Crippen molar-refractivity contribution in [2.45, 2.75) is 33.0 Å². The van der Waals surface area contributed by atoms with Gasteiger partial charge in [0.2, 0.25) is 0 Å². The van der Waals surface area contributed by atoms with E-state index >= 15 is 0 Å². The molecule has 2 rings (SSSR count). The highest BCUT2D eigenvalue weighted by molar-refractivity contribution is 5.39. The summed E-state index contributed by atoms with van der Waals surface area (Å²) >= 11 is 0. The van der Waals surface area contributed by atoms with E-state index in [0.29, 0.717) is 6.04 Å². The first-order valence-electron chi connectivity index (χ1n) is 6.63. The van der Waals surface area contributed by atoms with Crippen molar-refractivity contribution in [3.63, 3.8) is 0 Å². The Morgan fingerprint density at radius 1 is 1.05 bits per heavy atom. The molecule has 0 fully saturated rings. The first-order chi connectivity index (χ1) is 9.15. The smallest absolute Gasteiger partial charge is 0.0544 e. The summed E-state index contributed by atoms with van der Waals surface area (Å²) in [5, 5.41) is 0. The third-order valence-corrected chi connectivity index (χ3v) is 3.19. The Hall–Kier alpha value is -1.87. The topological polar surface area (TPSA) is 42.1 Å². The molecule has 0 aliphatic heterocycles. The molecule has 19 heavy (non-hydrogen) atoms. The molecule has 0 aliphatic carbocycles. The Morgan fingerprint density at radius 2 is 1.79 bits per heavy atom. The lowest BCUT2D eigenvalue weighted by Gasteiger charge is -2.26. The van der Waals surface area contributed by atoms with Crippen molar-refractivity contribution in [1.29, 1.82) is 0 Å². The van der Waals surface area contributed by atoms with E-state index in [4.69, 9.17) is 5.73 Å². The fraction of sp³-hybridized carbons (Fsp3) is 0.312. The predicted octanol–water partition coefficient (Wildman–Crippen LogP) is 3.07. The molecule has 1 heterocycles. The number of nitrogen functional groups attached to an aromatic ring is 1. The van der Waals surface area contributed by atoms with Crippen molar-refractivity contribution < 1.29 is 0 Å². The van der Waals surface area contributed by atoms with E-state index in [0.717, 1.165) is 24.5 Å². The Bertz CT molecular complexity index is 491. The van der Waals surface area contributed by atoms with Crippen LogP contribution in [0.5, 0.6) is 0 Å². The predicted molar refractivity (Wildman–Crippen MR) is 79.5 cm³/mol. The Kier molecular flexibility index (Phi) is 4.53. The molecular weight excluding hydrogens is 234 g/mol. The number of hydrogen-bond donors (Lipinski definition) is 1. The molecule has 0 atom stereocenters. The molecule has 0 spiro atoms. The lowest BCUT2D eigenvalue weighted by atomic mass is 10.1. The molecule has 0 saturated carbocycles. The quantitative estimate of drug-likeness (QED) is 0.835. The van der Waals surface area contributed by atoms with Crippen LogP contribution in [0.4, 0.5) is 5.69 Å². The summed E-state index contributed by atoms with van der Waals surface area (Å²) in [4.78, 5) is 6.79. The molecular formula is C16H21N3. The summed E-state index contributed by atoms with van der Waals surface area (Å²) in [6.45, 7) is 6.19. The molecule has 0 amide bonds. The maximum Gasteiger partial charge on any atom is 0.0544 e. The first-order valence-corrected chi connectivity index (χ1v) is 6.63. The van der Waals surface area contributed by atoms with Gasteiger partial charge in [-0.15, -0.1) is 0 Å². The summed E-state index contributed by atoms with van der Waals surface area (Å²) in [6, 6.07) is 14.6. The van der Waals surface area contributed by atoms with Crippen LogP contribution in [0, 0.1) is 0 Å². The van der Waals surface area contributed by atoms with Crippen LogP contribution in [0.25, 0.3) is 0 Å². The van der Waals surface area contributed by atoms with Crippen LogP contribution in [0.2, 0.25) is 0 Å². The Balaban J connectivity index is 2.06. The summed E-state index contributed by atoms with van der Waals surface area (Å²) in [7, 11) is 0. The molecule has 1 aromatic heterocycles. The average molecular weight is 255 g/mol. The Morgan fingerprint density at radius 3 is 2.37 bits per heavy atom. The van der Waals surface area contributed by atoms with Gasteiger partial charge in [-0.1, -0.05) is 18.2 Å². The van der Waals surface area contributed by atoms with E-state index in [1.807, 2.05) is 30.5 Å². The lowest BCUT2D eigenvalue weighted by Crippen LogP contribution is -2.30. The zero-order valence-electron chi connectivity index (χ0n) is 11.6. The maximum absolute atomic E-state index is 5.72. The van der Waals surface area contributed by atoms with Crippen LogP contribution in [-0.4, -0.2) is 15.9 Å². The van der Waals surface area contributed by atoms with Crippen LogP contribution in [-0.2, 0) is 13.1 Å². The zero-order valence-corrected chi connectivity index (χ0v) is 11.6. The minimum atomic E-state index is 0.472. The van der Waals surface area contributed by atoms with Gasteiger partial charge >= 0.3 is 0 Å². The van der Waals surface area contributed by atoms with Crippen LogP contribution < -0.4 is 5.73 Å². The van der Waals surface area contributed by atoms with Crippen molar-refractivity contribution >= 4 is 5.69 Å². The molecule has 3 nitrogen and oxygen atoms in total. The van der Waals surface area contributed by atoms with Crippen molar-refractivity contribution in [3.8, 4) is 0 Å². The number of nitrogens with two attached hydrogens (primary N) is 1. The average Bonchev–Trinajstić information content (AvgIpc) is 2.41. The van der Waals surface area contributed by atoms with Crippen LogP contribution >= 0.6 is 0 Å². The van der Waals surface area contributed by atoms with E-state index in [1.54, 1.807) is 0 Å². The number of hydrogen-bond acceptors (Lipinski definition) is 3. The number of nitrogens with zero attached hydrogens (tertiary/aromatic N) is 2. The minimum absolute atomic E-state index is 0.472. The molecule has 2 aromatic rings. The first kappa shape index (κ1) is 13.6. The number of benzene rings is 1. The van der Waals surface area contributed by atoms with E-state index in [9.17, 15) is 0 Å². The fourth-order valence-corrected chi connectivity index (χ4v) is 1.98. The third-order valence-electron chi connectivity index (χ3n) is 3.19. The van der Waals surface area contributed by atoms with E-state index in [-0.39, 0.29) is 0 Å². The summed E-state index contributed by atoms with van der Waals surface area (Å²) in [5.41, 5.74) is 8.91. The van der Waals surface area contributed by atoms with E-state index < -0.39 is 0 Å². The van der Waals surface area contributed by atoms with Crippen LogP contribution in [0.1, 0.15) is 25.1 Å². The molecule has 2 N–H and O–H groups in total. The van der Waals surface area contributed by atoms with E-state index in [1.165, 1.54) is 5.56 Å². The molecule has 0 aliphatic rings. The van der Waals surface area contributed by atoms with Crippen LogP contribution in [0.3, 0.4) is 0 Å². The number of pyridine rings is 1. The van der Waals surface area contributed by atoms with Gasteiger partial charge in [-0.2, -0.15) is 0 Å². The molecule has 0 radical (unpaired) electrons. The Labute approximate surface area is 115 Å². The van der Waals surface area contributed by atoms with Crippen LogP contribution in [0.15, 0.2) is 48.7 Å². The van der Waals surface area contributed by atoms with Crippen molar-refractivity contribution in [2.24, 2.45) is 0 Å². The highest BCUT2D eigenvalue weighted by Gasteiger charge is 2.11. The van der Waals surface area contributed by atoms with Gasteiger partial charge < -0.3 is 5.73 Å². The largest absolute Gasteiger partial charge is 0.399 e. The third kappa shape index (κ3) is 4.07. The molecule has 0 bridgehead atoms. The van der Waals surface area contributed by atoms with Gasteiger partial charge in [-0.05, 0) is 43.7 Å². The normalized spacial score (nSPS) is 11.2. The second-order valence-electron chi connectivity index (χ2n) is 5.06. The maximum atomic E-state index is 5.72. The summed E-state index contributed by atoms with van der Waals surface area (Å²) < 4.78 is 0. The molecule has 0 saturated heterocycles. The van der Waals surface area contributed by atoms with E-state index in [2.05, 4.69) is 41.9 Å². The number of aromatic nitrogens is 1. The van der Waals surface area contributed by atoms with Gasteiger partial charge in [0.15, 0.2) is 0 Å². The summed E-state index contributed by atoms with van der Waals surface area (Å²) in [6.07, 6.45) is 1.84. The molecule has 100 valence electrons. The van der Waals surface area contributed by atoms with Gasteiger partial charge in [0.1, 0.15) is 0 Å². The highest BCUT2D eigenvalue weighted by Crippen LogP contribution is 2.13. The molecule has 3 heteroatoms. The standard InChI is InChI=1S/C16H21N3/c1-13(2)19(12-16-5-3-4-10-18-16)11-14-6-8-15(17)9-7-14/h3-10,13H,11-12,17H2,1-2H3. The minimum Gasteiger partial charge on any atom is -0.399 e. The van der Waals surface area contributed by atoms with Gasteiger partial charge in [0.25, 0.3) is 0 Å². The summed E-state index contributed by atoms with van der Waals surface area (Å²) in [5.74, 6) is 0. The molecule has 0 unspecified atom stereocenters. The van der Waals surface area contributed by atoms with Crippen molar-refractivity contribution in [3.05, 3.63) is 59.9 Å². The second-order valence-corrected chi connectivity index (χ2v) is 5.06. The zero-order chi connectivity index (χ0) is 13.7. The van der Waals surface area contributed by atoms with Gasteiger partial charge in [0.05, 0.1) is 5.69 Å². The van der Waals surface area contributed by atoms with Gasteiger partial charge in [-0.3, -0.25) is 9.88 Å². The highest BCUT2D eigenvalue weighted by atomic mass is 15.1. The fourth-order valence-electron chi connectivity index (χ4n) is 1.98. The number of anilines is 1. The van der Waals surface area contributed by atoms with Gasteiger partial charge in [-0.25, -0.2) is 0 Å². The second kappa shape index (κ2) is 6.34. The van der Waals surface area contributed by atoms with Crippen molar-refractivity contribution in [2.75, 3.05) is 5.73 Å². The van der Waals surface area contributed by atoms with Crippen molar-refractivity contribution in [1.82, 2.24) is 9.88 Å². The number of rotatable bonds is 5.